The minimum absolute atomic E-state index is 0.108. The van der Waals surface area contributed by atoms with Crippen molar-refractivity contribution in [2.45, 2.75) is 38.8 Å². The number of amides is 3. The van der Waals surface area contributed by atoms with Gasteiger partial charge in [0.05, 0.1) is 18.8 Å². The summed E-state index contributed by atoms with van der Waals surface area (Å²) in [5.74, 6) is 0.898. The van der Waals surface area contributed by atoms with E-state index >= 15 is 0 Å². The van der Waals surface area contributed by atoms with Crippen molar-refractivity contribution >= 4 is 29.4 Å². The Labute approximate surface area is 164 Å². The summed E-state index contributed by atoms with van der Waals surface area (Å²) >= 11 is 6.02. The lowest BCUT2D eigenvalue weighted by Crippen LogP contribution is -2.51. The molecule has 0 radical (unpaired) electrons. The number of rotatable bonds is 4. The third kappa shape index (κ3) is 4.24. The largest absolute Gasteiger partial charge is 0.495 e. The number of anilines is 1. The Morgan fingerprint density at radius 3 is 2.67 bits per heavy atom. The van der Waals surface area contributed by atoms with E-state index in [9.17, 15) is 9.59 Å². The lowest BCUT2D eigenvalue weighted by molar-refractivity contribution is 0.108. The van der Waals surface area contributed by atoms with E-state index in [-0.39, 0.29) is 24.2 Å². The van der Waals surface area contributed by atoms with Gasteiger partial charge in [-0.1, -0.05) is 25.4 Å². The molecular formula is C19H26ClN3O4. The molecule has 0 aliphatic carbocycles. The Hall–Kier alpha value is -2.15. The zero-order chi connectivity index (χ0) is 19.6. The molecule has 3 rings (SSSR count). The first-order chi connectivity index (χ1) is 12.9. The first kappa shape index (κ1) is 19.6. The summed E-state index contributed by atoms with van der Waals surface area (Å²) in [6, 6.07) is 5.12. The maximum atomic E-state index is 12.6. The first-order valence-electron chi connectivity index (χ1n) is 9.25. The van der Waals surface area contributed by atoms with E-state index in [0.29, 0.717) is 42.1 Å². The van der Waals surface area contributed by atoms with Gasteiger partial charge in [-0.2, -0.15) is 0 Å². The highest BCUT2D eigenvalue weighted by Crippen LogP contribution is 2.30. The Bertz CT molecular complexity index is 704. The Balaban J connectivity index is 1.60. The topological polar surface area (TPSA) is 71.1 Å². The minimum Gasteiger partial charge on any atom is -0.495 e. The summed E-state index contributed by atoms with van der Waals surface area (Å²) in [7, 11) is 1.55. The molecule has 2 heterocycles. The Morgan fingerprint density at radius 1 is 1.33 bits per heavy atom. The standard InChI is InChI=1S/C19H26ClN3O4/c1-12(2)16-11-27-19(25)23(16)14-6-8-22(9-7-14)18(24)21-15-10-13(20)4-5-17(15)26-3/h4-5,10,12,14,16H,6-9,11H2,1-3H3,(H,21,24). The molecule has 8 heteroatoms. The third-order valence-corrected chi connectivity index (χ3v) is 5.50. The molecule has 7 nitrogen and oxygen atoms in total. The lowest BCUT2D eigenvalue weighted by Gasteiger charge is -2.38. The van der Waals surface area contributed by atoms with E-state index < -0.39 is 0 Å². The number of cyclic esters (lactones) is 1. The van der Waals surface area contributed by atoms with Crippen LogP contribution in [0.25, 0.3) is 0 Å². The number of halogens is 1. The van der Waals surface area contributed by atoms with Crippen molar-refractivity contribution in [3.63, 3.8) is 0 Å². The number of piperidine rings is 1. The van der Waals surface area contributed by atoms with Gasteiger partial charge in [0.25, 0.3) is 0 Å². The molecule has 3 amide bonds. The summed E-state index contributed by atoms with van der Waals surface area (Å²) in [6.45, 7) is 5.80. The van der Waals surface area contributed by atoms with Crippen LogP contribution in [0.5, 0.6) is 5.75 Å². The first-order valence-corrected chi connectivity index (χ1v) is 9.63. The molecule has 2 saturated heterocycles. The fourth-order valence-corrected chi connectivity index (χ4v) is 3.87. The number of likely N-dealkylation sites (tertiary alicyclic amines) is 1. The smallest absolute Gasteiger partial charge is 0.410 e. The van der Waals surface area contributed by atoms with Crippen LogP contribution in [0.2, 0.25) is 5.02 Å². The zero-order valence-corrected chi connectivity index (χ0v) is 16.7. The molecule has 0 aromatic heterocycles. The molecule has 27 heavy (non-hydrogen) atoms. The molecule has 0 saturated carbocycles. The van der Waals surface area contributed by atoms with Gasteiger partial charge >= 0.3 is 12.1 Å². The van der Waals surface area contributed by atoms with Crippen LogP contribution in [0.3, 0.4) is 0 Å². The molecular weight excluding hydrogens is 370 g/mol. The van der Waals surface area contributed by atoms with Gasteiger partial charge in [0, 0.05) is 24.2 Å². The van der Waals surface area contributed by atoms with Crippen LogP contribution in [0.4, 0.5) is 15.3 Å². The number of ether oxygens (including phenoxy) is 2. The van der Waals surface area contributed by atoms with Crippen LogP contribution in [0.1, 0.15) is 26.7 Å². The summed E-state index contributed by atoms with van der Waals surface area (Å²) in [5.41, 5.74) is 0.542. The van der Waals surface area contributed by atoms with Crippen LogP contribution in [-0.2, 0) is 4.74 Å². The number of urea groups is 1. The number of carbonyl (C=O) groups is 2. The molecule has 2 aliphatic rings. The van der Waals surface area contributed by atoms with Gasteiger partial charge in [-0.25, -0.2) is 9.59 Å². The molecule has 2 fully saturated rings. The Kier molecular flexibility index (Phi) is 5.99. The average molecular weight is 396 g/mol. The normalized spacial score (nSPS) is 20.8. The van der Waals surface area contributed by atoms with Gasteiger partial charge in [0.2, 0.25) is 0 Å². The van der Waals surface area contributed by atoms with Gasteiger partial charge in [0.1, 0.15) is 12.4 Å². The number of hydrogen-bond donors (Lipinski definition) is 1. The van der Waals surface area contributed by atoms with Crippen LogP contribution in [0.15, 0.2) is 18.2 Å². The highest BCUT2D eigenvalue weighted by molar-refractivity contribution is 6.31. The second-order valence-corrected chi connectivity index (χ2v) is 7.72. The highest BCUT2D eigenvalue weighted by Gasteiger charge is 2.41. The van der Waals surface area contributed by atoms with Crippen molar-refractivity contribution in [1.29, 1.82) is 0 Å². The van der Waals surface area contributed by atoms with Crippen molar-refractivity contribution in [3.05, 3.63) is 23.2 Å². The number of nitrogens with one attached hydrogen (secondary N) is 1. The molecule has 0 bridgehead atoms. The Morgan fingerprint density at radius 2 is 2.04 bits per heavy atom. The molecule has 1 atom stereocenters. The second kappa shape index (κ2) is 8.25. The van der Waals surface area contributed by atoms with E-state index in [4.69, 9.17) is 21.1 Å². The SMILES string of the molecule is COc1ccc(Cl)cc1NC(=O)N1CCC(N2C(=O)OCC2C(C)C)CC1. The van der Waals surface area contributed by atoms with Crippen molar-refractivity contribution in [2.75, 3.05) is 32.1 Å². The monoisotopic (exact) mass is 395 g/mol. The van der Waals surface area contributed by atoms with E-state index in [1.54, 1.807) is 30.2 Å². The second-order valence-electron chi connectivity index (χ2n) is 7.29. The van der Waals surface area contributed by atoms with Crippen LogP contribution in [-0.4, -0.2) is 60.8 Å². The summed E-state index contributed by atoms with van der Waals surface area (Å²) in [6.07, 6.45) is 1.23. The van der Waals surface area contributed by atoms with Crippen LogP contribution in [0, 0.1) is 5.92 Å². The van der Waals surface area contributed by atoms with E-state index in [2.05, 4.69) is 19.2 Å². The molecule has 2 aliphatic heterocycles. The van der Waals surface area contributed by atoms with Crippen molar-refractivity contribution < 1.29 is 19.1 Å². The van der Waals surface area contributed by atoms with E-state index in [0.717, 1.165) is 12.8 Å². The van der Waals surface area contributed by atoms with Gasteiger partial charge in [-0.15, -0.1) is 0 Å². The zero-order valence-electron chi connectivity index (χ0n) is 15.9. The molecule has 1 unspecified atom stereocenters. The highest BCUT2D eigenvalue weighted by atomic mass is 35.5. The van der Waals surface area contributed by atoms with Gasteiger partial charge < -0.3 is 19.7 Å². The number of nitrogens with zero attached hydrogens (tertiary/aromatic N) is 2. The molecule has 1 N–H and O–H groups in total. The van der Waals surface area contributed by atoms with Gasteiger partial charge in [0.15, 0.2) is 0 Å². The fourth-order valence-electron chi connectivity index (χ4n) is 3.70. The van der Waals surface area contributed by atoms with Crippen molar-refractivity contribution in [1.82, 2.24) is 9.80 Å². The number of hydrogen-bond acceptors (Lipinski definition) is 4. The number of benzene rings is 1. The lowest BCUT2D eigenvalue weighted by atomic mass is 9.98. The molecule has 1 aromatic carbocycles. The quantitative estimate of drug-likeness (QED) is 0.841. The summed E-state index contributed by atoms with van der Waals surface area (Å²) < 4.78 is 10.5. The minimum atomic E-state index is -0.236. The van der Waals surface area contributed by atoms with Crippen molar-refractivity contribution in [2.24, 2.45) is 5.92 Å². The summed E-state index contributed by atoms with van der Waals surface area (Å²) in [5, 5.41) is 3.39. The maximum Gasteiger partial charge on any atom is 0.410 e. The van der Waals surface area contributed by atoms with Gasteiger partial charge in [-0.05, 0) is 37.0 Å². The predicted molar refractivity (Wildman–Crippen MR) is 103 cm³/mol. The van der Waals surface area contributed by atoms with Crippen LogP contribution >= 0.6 is 11.6 Å². The van der Waals surface area contributed by atoms with Crippen LogP contribution < -0.4 is 10.1 Å². The predicted octanol–water partition coefficient (Wildman–Crippen LogP) is 3.82. The average Bonchev–Trinajstić information content (AvgIpc) is 3.04. The van der Waals surface area contributed by atoms with Crippen molar-refractivity contribution in [3.8, 4) is 5.75 Å². The molecule has 0 spiro atoms. The number of methoxy groups -OCH3 is 1. The van der Waals surface area contributed by atoms with E-state index in [1.165, 1.54) is 0 Å². The maximum absolute atomic E-state index is 12.6. The number of carbonyl (C=O) groups excluding carboxylic acids is 2. The molecule has 148 valence electrons. The molecule has 1 aromatic rings. The summed E-state index contributed by atoms with van der Waals surface area (Å²) in [4.78, 5) is 28.4. The van der Waals surface area contributed by atoms with Gasteiger partial charge in [-0.3, -0.25) is 4.90 Å². The van der Waals surface area contributed by atoms with E-state index in [1.807, 2.05) is 4.90 Å². The fraction of sp³-hybridized carbons (Fsp3) is 0.579. The third-order valence-electron chi connectivity index (χ3n) is 5.26.